The molecule has 1 amide bonds. The minimum absolute atomic E-state index is 0.0913. The van der Waals surface area contributed by atoms with E-state index >= 15 is 0 Å². The van der Waals surface area contributed by atoms with E-state index in [2.05, 4.69) is 5.32 Å². The molecule has 2 aliphatic rings. The summed E-state index contributed by atoms with van der Waals surface area (Å²) in [5, 5.41) is 12.1. The Morgan fingerprint density at radius 1 is 0.897 bits per heavy atom. The van der Waals surface area contributed by atoms with E-state index in [9.17, 15) is 19.5 Å². The molecule has 0 aromatic heterocycles. The van der Waals surface area contributed by atoms with E-state index in [1.807, 2.05) is 12.1 Å². The van der Waals surface area contributed by atoms with Crippen molar-refractivity contribution in [2.45, 2.75) is 0 Å². The van der Waals surface area contributed by atoms with Crippen LogP contribution in [0.15, 0.2) is 54.6 Å². The fraction of sp³-hybridized carbons (Fsp3) is 0.0455. The third kappa shape index (κ3) is 2.55. The fourth-order valence-electron chi connectivity index (χ4n) is 3.70. The number of fused-ring (bicyclic) bond motifs is 4. The Kier molecular flexibility index (Phi) is 3.64. The molecule has 7 nitrogen and oxygen atoms in total. The molecular formula is C22H13NO6. The van der Waals surface area contributed by atoms with Crippen LogP contribution in [-0.4, -0.2) is 29.6 Å². The van der Waals surface area contributed by atoms with Gasteiger partial charge in [-0.2, -0.15) is 0 Å². The molecule has 3 aromatic rings. The predicted octanol–water partition coefficient (Wildman–Crippen LogP) is 3.58. The van der Waals surface area contributed by atoms with Crippen molar-refractivity contribution in [3.63, 3.8) is 0 Å². The summed E-state index contributed by atoms with van der Waals surface area (Å²) < 4.78 is 10.4. The molecular weight excluding hydrogens is 374 g/mol. The molecule has 7 heteroatoms. The first-order valence-electron chi connectivity index (χ1n) is 8.80. The number of carbonyl (C=O) groups is 3. The van der Waals surface area contributed by atoms with Crippen molar-refractivity contribution in [1.29, 1.82) is 0 Å². The van der Waals surface area contributed by atoms with Gasteiger partial charge in [0, 0.05) is 22.9 Å². The lowest BCUT2D eigenvalue weighted by molar-refractivity contribution is 0.0691. The minimum atomic E-state index is -1.20. The highest BCUT2D eigenvalue weighted by atomic mass is 16.7. The van der Waals surface area contributed by atoms with Crippen molar-refractivity contribution in [3.05, 3.63) is 76.9 Å². The van der Waals surface area contributed by atoms with Crippen molar-refractivity contribution >= 4 is 23.3 Å². The van der Waals surface area contributed by atoms with E-state index in [0.717, 1.165) is 5.56 Å². The van der Waals surface area contributed by atoms with Crippen molar-refractivity contribution in [3.8, 4) is 22.6 Å². The second-order valence-corrected chi connectivity index (χ2v) is 6.62. The maximum absolute atomic E-state index is 13.0. The van der Waals surface area contributed by atoms with Gasteiger partial charge in [0.1, 0.15) is 5.56 Å². The van der Waals surface area contributed by atoms with Crippen LogP contribution in [0.4, 0.5) is 5.69 Å². The van der Waals surface area contributed by atoms with Crippen molar-refractivity contribution in [1.82, 2.24) is 0 Å². The van der Waals surface area contributed by atoms with Gasteiger partial charge in [-0.1, -0.05) is 36.4 Å². The van der Waals surface area contributed by atoms with Gasteiger partial charge >= 0.3 is 5.97 Å². The van der Waals surface area contributed by atoms with Gasteiger partial charge in [-0.25, -0.2) is 4.79 Å². The third-order valence-corrected chi connectivity index (χ3v) is 4.96. The Morgan fingerprint density at radius 2 is 1.66 bits per heavy atom. The number of carboxylic acid groups (broad SMARTS) is 1. The average Bonchev–Trinajstić information content (AvgIpc) is 3.30. The Morgan fingerprint density at radius 3 is 2.45 bits per heavy atom. The van der Waals surface area contributed by atoms with E-state index in [0.29, 0.717) is 16.7 Å². The number of aromatic carboxylic acids is 1. The van der Waals surface area contributed by atoms with Crippen LogP contribution < -0.4 is 14.8 Å². The summed E-state index contributed by atoms with van der Waals surface area (Å²) >= 11 is 0. The van der Waals surface area contributed by atoms with Gasteiger partial charge < -0.3 is 19.9 Å². The lowest BCUT2D eigenvalue weighted by atomic mass is 10.00. The highest BCUT2D eigenvalue weighted by Crippen LogP contribution is 2.40. The second-order valence-electron chi connectivity index (χ2n) is 6.62. The molecule has 1 aliphatic heterocycles. The molecule has 0 unspecified atom stereocenters. The van der Waals surface area contributed by atoms with Crippen LogP contribution in [0.3, 0.4) is 0 Å². The number of hydrogen-bond acceptors (Lipinski definition) is 5. The SMILES string of the molecule is O=C(O)c1cc(NC(=O)c2cccc3c2C(=O)c2ccccc2-3)cc2c1OCO2. The standard InChI is InChI=1S/C22H13NO6/c24-19-14-5-2-1-4-12(14)13-6-3-7-15(18(13)19)21(25)23-11-8-16(22(26)27)20-17(9-11)28-10-29-20/h1-9H,10H2,(H,23,25)(H,26,27). The van der Waals surface area contributed by atoms with Crippen LogP contribution in [0.5, 0.6) is 11.5 Å². The average molecular weight is 387 g/mol. The predicted molar refractivity (Wildman–Crippen MR) is 103 cm³/mol. The van der Waals surface area contributed by atoms with Gasteiger partial charge in [-0.05, 0) is 23.3 Å². The van der Waals surface area contributed by atoms with Crippen LogP contribution >= 0.6 is 0 Å². The van der Waals surface area contributed by atoms with Gasteiger partial charge in [0.25, 0.3) is 5.91 Å². The molecule has 0 saturated heterocycles. The monoisotopic (exact) mass is 387 g/mol. The second kappa shape index (κ2) is 6.20. The van der Waals surface area contributed by atoms with Gasteiger partial charge in [0.15, 0.2) is 17.3 Å². The summed E-state index contributed by atoms with van der Waals surface area (Å²) in [6.07, 6.45) is 0. The molecule has 1 aliphatic carbocycles. The quantitative estimate of drug-likeness (QED) is 0.557. The summed E-state index contributed by atoms with van der Waals surface area (Å²) in [5.41, 5.74) is 2.73. The number of rotatable bonds is 3. The van der Waals surface area contributed by atoms with Crippen LogP contribution in [0.25, 0.3) is 11.1 Å². The van der Waals surface area contributed by atoms with Crippen molar-refractivity contribution in [2.24, 2.45) is 0 Å². The smallest absolute Gasteiger partial charge is 0.339 e. The van der Waals surface area contributed by atoms with E-state index in [4.69, 9.17) is 9.47 Å². The number of carboxylic acids is 1. The molecule has 5 rings (SSSR count). The Balaban J connectivity index is 1.54. The number of ketones is 1. The number of ether oxygens (including phenoxy) is 2. The fourth-order valence-corrected chi connectivity index (χ4v) is 3.70. The van der Waals surface area contributed by atoms with Crippen LogP contribution in [0, 0.1) is 0 Å². The normalized spacial score (nSPS) is 13.0. The Bertz CT molecular complexity index is 1230. The molecule has 0 bridgehead atoms. The number of benzene rings is 3. The molecule has 0 atom stereocenters. The maximum atomic E-state index is 13.0. The summed E-state index contributed by atoms with van der Waals surface area (Å²) in [5.74, 6) is -1.56. The van der Waals surface area contributed by atoms with E-state index in [1.54, 1.807) is 30.3 Å². The topological polar surface area (TPSA) is 102 Å². The van der Waals surface area contributed by atoms with Crippen LogP contribution in [0.1, 0.15) is 36.6 Å². The zero-order valence-electron chi connectivity index (χ0n) is 14.9. The largest absolute Gasteiger partial charge is 0.478 e. The molecule has 0 radical (unpaired) electrons. The number of anilines is 1. The van der Waals surface area contributed by atoms with Gasteiger partial charge in [-0.15, -0.1) is 0 Å². The van der Waals surface area contributed by atoms with Crippen LogP contribution in [-0.2, 0) is 0 Å². The number of carbonyl (C=O) groups excluding carboxylic acids is 2. The lowest BCUT2D eigenvalue weighted by Crippen LogP contribution is -2.16. The molecule has 0 fully saturated rings. The number of nitrogens with one attached hydrogen (secondary N) is 1. The first-order valence-corrected chi connectivity index (χ1v) is 8.80. The van der Waals surface area contributed by atoms with Gasteiger partial charge in [0.05, 0.1) is 5.56 Å². The maximum Gasteiger partial charge on any atom is 0.339 e. The van der Waals surface area contributed by atoms with Crippen LogP contribution in [0.2, 0.25) is 0 Å². The third-order valence-electron chi connectivity index (χ3n) is 4.96. The zero-order valence-corrected chi connectivity index (χ0v) is 14.9. The first kappa shape index (κ1) is 17.0. The van der Waals surface area contributed by atoms with Crippen molar-refractivity contribution < 1.29 is 29.0 Å². The summed E-state index contributed by atoms with van der Waals surface area (Å²) in [6, 6.07) is 15.1. The Labute approximate surface area is 164 Å². The Hall–Kier alpha value is -4.13. The molecule has 29 heavy (non-hydrogen) atoms. The summed E-state index contributed by atoms with van der Waals surface area (Å²) in [7, 11) is 0. The zero-order chi connectivity index (χ0) is 20.1. The van der Waals surface area contributed by atoms with E-state index < -0.39 is 11.9 Å². The highest BCUT2D eigenvalue weighted by molar-refractivity contribution is 6.26. The summed E-state index contributed by atoms with van der Waals surface area (Å²) in [6.45, 7) is -0.0913. The van der Waals surface area contributed by atoms with E-state index in [-0.39, 0.29) is 40.9 Å². The van der Waals surface area contributed by atoms with Crippen molar-refractivity contribution in [2.75, 3.05) is 12.1 Å². The first-order chi connectivity index (χ1) is 14.0. The minimum Gasteiger partial charge on any atom is -0.478 e. The molecule has 3 aromatic carbocycles. The lowest BCUT2D eigenvalue weighted by Gasteiger charge is -2.11. The number of hydrogen-bond donors (Lipinski definition) is 2. The highest BCUT2D eigenvalue weighted by Gasteiger charge is 2.31. The summed E-state index contributed by atoms with van der Waals surface area (Å²) in [4.78, 5) is 37.3. The van der Waals surface area contributed by atoms with E-state index in [1.165, 1.54) is 12.1 Å². The molecule has 142 valence electrons. The van der Waals surface area contributed by atoms with Gasteiger partial charge in [-0.3, -0.25) is 9.59 Å². The molecule has 1 heterocycles. The molecule has 2 N–H and O–H groups in total. The number of amides is 1. The van der Waals surface area contributed by atoms with Gasteiger partial charge in [0.2, 0.25) is 6.79 Å². The molecule has 0 spiro atoms. The molecule has 0 saturated carbocycles.